The number of nitriles is 1. The first-order valence-electron chi connectivity index (χ1n) is 11.5. The number of rotatable bonds is 8. The number of nitrogen functional groups attached to an aromatic ring is 1. The Labute approximate surface area is 217 Å². The van der Waals surface area contributed by atoms with Crippen LogP contribution in [-0.2, 0) is 4.74 Å². The summed E-state index contributed by atoms with van der Waals surface area (Å²) >= 11 is 6.37. The number of esters is 1. The predicted molar refractivity (Wildman–Crippen MR) is 140 cm³/mol. The minimum absolute atomic E-state index is 0.0384. The molecule has 11 heteroatoms. The number of carbonyl (C=O) groups is 1. The fourth-order valence-corrected chi connectivity index (χ4v) is 4.20. The van der Waals surface area contributed by atoms with Gasteiger partial charge in [-0.1, -0.05) is 35.9 Å². The zero-order chi connectivity index (χ0) is 26.5. The molecule has 0 aliphatic rings. The van der Waals surface area contributed by atoms with E-state index in [0.29, 0.717) is 23.3 Å². The van der Waals surface area contributed by atoms with Gasteiger partial charge < -0.3 is 15.8 Å². The van der Waals surface area contributed by atoms with Gasteiger partial charge in [0.05, 0.1) is 34.1 Å². The molecule has 2 aromatic carbocycles. The second-order valence-corrected chi connectivity index (χ2v) is 8.79. The highest BCUT2D eigenvalue weighted by atomic mass is 35.5. The highest BCUT2D eigenvalue weighted by Crippen LogP contribution is 2.26. The maximum Gasteiger partial charge on any atom is 0.338 e. The third-order valence-corrected chi connectivity index (χ3v) is 6.17. The molecule has 37 heavy (non-hydrogen) atoms. The van der Waals surface area contributed by atoms with Gasteiger partial charge in [-0.05, 0) is 38.1 Å². The van der Waals surface area contributed by atoms with Crippen molar-refractivity contribution in [1.29, 1.82) is 5.26 Å². The molecule has 0 saturated heterocycles. The van der Waals surface area contributed by atoms with Crippen LogP contribution in [0.25, 0.3) is 10.9 Å². The van der Waals surface area contributed by atoms with Gasteiger partial charge in [0.25, 0.3) is 5.56 Å². The van der Waals surface area contributed by atoms with Crippen molar-refractivity contribution in [1.82, 2.24) is 19.5 Å². The Morgan fingerprint density at radius 1 is 1.19 bits per heavy atom. The van der Waals surface area contributed by atoms with Crippen LogP contribution in [0.1, 0.15) is 54.1 Å². The Bertz CT molecular complexity index is 1550. The van der Waals surface area contributed by atoms with E-state index in [0.717, 1.165) is 0 Å². The van der Waals surface area contributed by atoms with E-state index >= 15 is 0 Å². The van der Waals surface area contributed by atoms with Gasteiger partial charge in [0.15, 0.2) is 0 Å². The second-order valence-electron chi connectivity index (χ2n) is 8.38. The molecule has 4 aromatic rings. The zero-order valence-corrected chi connectivity index (χ0v) is 20.9. The number of halogens is 1. The van der Waals surface area contributed by atoms with Crippen LogP contribution in [0.5, 0.6) is 0 Å². The summed E-state index contributed by atoms with van der Waals surface area (Å²) in [4.78, 5) is 38.7. The highest BCUT2D eigenvalue weighted by molar-refractivity contribution is 6.35. The number of benzene rings is 2. The van der Waals surface area contributed by atoms with E-state index in [-0.39, 0.29) is 39.8 Å². The van der Waals surface area contributed by atoms with Crippen molar-refractivity contribution >= 4 is 40.1 Å². The van der Waals surface area contributed by atoms with Gasteiger partial charge in [0, 0.05) is 12.5 Å². The second kappa shape index (κ2) is 11.1. The molecule has 2 atom stereocenters. The molecule has 0 aliphatic heterocycles. The molecule has 0 bridgehead atoms. The van der Waals surface area contributed by atoms with Crippen molar-refractivity contribution in [3.05, 3.63) is 87.2 Å². The molecule has 0 spiro atoms. The molecule has 3 N–H and O–H groups in total. The Kier molecular flexibility index (Phi) is 7.65. The molecule has 0 fully saturated rings. The Morgan fingerprint density at radius 2 is 1.95 bits per heavy atom. The summed E-state index contributed by atoms with van der Waals surface area (Å²) in [6.07, 6.45) is 1.59. The topological polar surface area (TPSA) is 149 Å². The van der Waals surface area contributed by atoms with Crippen LogP contribution in [0.4, 0.5) is 11.6 Å². The van der Waals surface area contributed by atoms with E-state index in [4.69, 9.17) is 27.1 Å². The summed E-state index contributed by atoms with van der Waals surface area (Å²) in [7, 11) is 0. The highest BCUT2D eigenvalue weighted by Gasteiger charge is 2.23. The molecule has 0 saturated carbocycles. The summed E-state index contributed by atoms with van der Waals surface area (Å²) in [5.74, 6) is 0.207. The SMILES string of the molecule is CC(CCOC(=O)c1ccccc1)n1c([C@H](C)Nc2ncnc(N)c2C#N)nc2cccc(Cl)c2c1=O. The van der Waals surface area contributed by atoms with Crippen LogP contribution < -0.4 is 16.6 Å². The van der Waals surface area contributed by atoms with Gasteiger partial charge in [0.1, 0.15) is 35.4 Å². The zero-order valence-electron chi connectivity index (χ0n) is 20.2. The summed E-state index contributed by atoms with van der Waals surface area (Å²) < 4.78 is 6.95. The van der Waals surface area contributed by atoms with Gasteiger partial charge in [-0.2, -0.15) is 5.26 Å². The summed E-state index contributed by atoms with van der Waals surface area (Å²) in [5, 5.41) is 13.2. The monoisotopic (exact) mass is 517 g/mol. The summed E-state index contributed by atoms with van der Waals surface area (Å²) in [6, 6.07) is 14.8. The fourth-order valence-electron chi connectivity index (χ4n) is 3.95. The van der Waals surface area contributed by atoms with Crippen molar-refractivity contribution in [2.24, 2.45) is 0 Å². The van der Waals surface area contributed by atoms with Crippen molar-refractivity contribution < 1.29 is 9.53 Å². The van der Waals surface area contributed by atoms with Gasteiger partial charge >= 0.3 is 5.97 Å². The molecule has 1 unspecified atom stereocenters. The number of carbonyl (C=O) groups excluding carboxylic acids is 1. The quantitative estimate of drug-likeness (QED) is 0.326. The number of nitrogens with two attached hydrogens (primary N) is 1. The third-order valence-electron chi connectivity index (χ3n) is 5.85. The number of hydrogen-bond acceptors (Lipinski definition) is 9. The first-order chi connectivity index (χ1) is 17.8. The number of nitrogens with zero attached hydrogens (tertiary/aromatic N) is 5. The minimum atomic E-state index is -0.563. The average Bonchev–Trinajstić information content (AvgIpc) is 2.89. The van der Waals surface area contributed by atoms with Crippen molar-refractivity contribution in [2.75, 3.05) is 17.7 Å². The number of fused-ring (bicyclic) bond motifs is 1. The van der Waals surface area contributed by atoms with E-state index < -0.39 is 18.1 Å². The normalized spacial score (nSPS) is 12.5. The Balaban J connectivity index is 1.67. The molecule has 188 valence electrons. The minimum Gasteiger partial charge on any atom is -0.462 e. The van der Waals surface area contributed by atoms with E-state index in [2.05, 4.69) is 15.3 Å². The van der Waals surface area contributed by atoms with Crippen LogP contribution in [0, 0.1) is 11.3 Å². The van der Waals surface area contributed by atoms with E-state index in [9.17, 15) is 14.9 Å². The van der Waals surface area contributed by atoms with Crippen molar-refractivity contribution in [2.45, 2.75) is 32.4 Å². The lowest BCUT2D eigenvalue weighted by atomic mass is 10.1. The Morgan fingerprint density at radius 3 is 2.68 bits per heavy atom. The number of nitrogens with one attached hydrogen (secondary N) is 1. The first-order valence-corrected chi connectivity index (χ1v) is 11.9. The maximum absolute atomic E-state index is 13.7. The summed E-state index contributed by atoms with van der Waals surface area (Å²) in [6.45, 7) is 3.71. The molecule has 0 amide bonds. The number of hydrogen-bond donors (Lipinski definition) is 2. The van der Waals surface area contributed by atoms with Crippen LogP contribution in [0.3, 0.4) is 0 Å². The molecular weight excluding hydrogens is 494 g/mol. The molecule has 2 heterocycles. The van der Waals surface area contributed by atoms with E-state index in [1.807, 2.05) is 19.1 Å². The lowest BCUT2D eigenvalue weighted by Crippen LogP contribution is -2.32. The fraction of sp³-hybridized carbons (Fsp3) is 0.231. The molecule has 10 nitrogen and oxygen atoms in total. The van der Waals surface area contributed by atoms with Gasteiger partial charge in [-0.25, -0.2) is 19.7 Å². The largest absolute Gasteiger partial charge is 0.462 e. The average molecular weight is 518 g/mol. The van der Waals surface area contributed by atoms with Gasteiger partial charge in [-0.3, -0.25) is 9.36 Å². The molecule has 0 aliphatic carbocycles. The third kappa shape index (κ3) is 5.37. The number of aromatic nitrogens is 4. The van der Waals surface area contributed by atoms with Crippen LogP contribution >= 0.6 is 11.6 Å². The Hall–Kier alpha value is -4.49. The number of ether oxygens (including phenoxy) is 1. The smallest absolute Gasteiger partial charge is 0.338 e. The summed E-state index contributed by atoms with van der Waals surface area (Å²) in [5.41, 5.74) is 6.46. The molecule has 0 radical (unpaired) electrons. The maximum atomic E-state index is 13.7. The van der Waals surface area contributed by atoms with Crippen molar-refractivity contribution in [3.8, 4) is 6.07 Å². The molecule has 2 aromatic heterocycles. The van der Waals surface area contributed by atoms with Gasteiger partial charge in [0.2, 0.25) is 0 Å². The molecule has 4 rings (SSSR count). The molecular formula is C26H24ClN7O3. The van der Waals surface area contributed by atoms with Crippen LogP contribution in [0.15, 0.2) is 59.7 Å². The van der Waals surface area contributed by atoms with Crippen LogP contribution in [0.2, 0.25) is 5.02 Å². The lowest BCUT2D eigenvalue weighted by molar-refractivity contribution is 0.0486. The lowest BCUT2D eigenvalue weighted by Gasteiger charge is -2.24. The standard InChI is InChI=1S/C26H24ClN7O3/c1-15(11-12-37-26(36)17-7-4-3-5-8-17)34-24(33-20-10-6-9-19(27)21(20)25(34)35)16(2)32-23-18(13-28)22(29)30-14-31-23/h3-10,14-16H,11-12H2,1-2H3,(H3,29,30,31,32)/t15?,16-/m0/s1. The van der Waals surface area contributed by atoms with E-state index in [1.165, 1.54) is 10.9 Å². The predicted octanol–water partition coefficient (Wildman–Crippen LogP) is 4.27. The van der Waals surface area contributed by atoms with E-state index in [1.54, 1.807) is 49.4 Å². The van der Waals surface area contributed by atoms with Gasteiger partial charge in [-0.15, -0.1) is 0 Å². The first kappa shape index (κ1) is 25.6. The number of anilines is 2. The van der Waals surface area contributed by atoms with Crippen LogP contribution in [-0.4, -0.2) is 32.1 Å². The van der Waals surface area contributed by atoms with Crippen molar-refractivity contribution in [3.63, 3.8) is 0 Å².